The van der Waals surface area contributed by atoms with Gasteiger partial charge in [0.05, 0.1) is 10.6 Å². The molecule has 1 heterocycles. The van der Waals surface area contributed by atoms with Gasteiger partial charge in [0.2, 0.25) is 15.9 Å². The number of nitrogens with zero attached hydrogens (tertiary/aromatic N) is 2. The second-order valence-electron chi connectivity index (χ2n) is 5.90. The number of sulfonamides is 1. The Bertz CT molecular complexity index is 1040. The molecule has 0 radical (unpaired) electrons. The predicted molar refractivity (Wildman–Crippen MR) is 110 cm³/mol. The van der Waals surface area contributed by atoms with Gasteiger partial charge in [-0.2, -0.15) is 4.31 Å². The number of thioether (sulfide) groups is 1. The van der Waals surface area contributed by atoms with Crippen LogP contribution in [0.3, 0.4) is 0 Å². The zero-order chi connectivity index (χ0) is 20.1. The zero-order valence-electron chi connectivity index (χ0n) is 15.6. The van der Waals surface area contributed by atoms with Crippen molar-refractivity contribution < 1.29 is 17.6 Å². The van der Waals surface area contributed by atoms with Gasteiger partial charge >= 0.3 is 0 Å². The number of hydrogen-bond donors (Lipinski definition) is 1. The van der Waals surface area contributed by atoms with E-state index in [1.807, 2.05) is 24.3 Å². The molecule has 7 nitrogen and oxygen atoms in total. The van der Waals surface area contributed by atoms with E-state index in [9.17, 15) is 13.2 Å². The number of aromatic nitrogens is 1. The zero-order valence-corrected chi connectivity index (χ0v) is 17.2. The Morgan fingerprint density at radius 2 is 1.89 bits per heavy atom. The van der Waals surface area contributed by atoms with Gasteiger partial charge in [-0.3, -0.25) is 4.79 Å². The molecule has 1 N–H and O–H groups in total. The molecule has 28 heavy (non-hydrogen) atoms. The van der Waals surface area contributed by atoms with Crippen LogP contribution in [0.25, 0.3) is 11.1 Å². The topological polar surface area (TPSA) is 92.5 Å². The molecule has 1 amide bonds. The number of carbonyl (C=O) groups is 1. The van der Waals surface area contributed by atoms with Gasteiger partial charge in [-0.05, 0) is 30.3 Å². The number of benzene rings is 2. The Kier molecular flexibility index (Phi) is 6.38. The van der Waals surface area contributed by atoms with Crippen LogP contribution in [0, 0.1) is 0 Å². The highest BCUT2D eigenvalue weighted by Crippen LogP contribution is 2.24. The Balaban J connectivity index is 1.65. The van der Waals surface area contributed by atoms with Gasteiger partial charge < -0.3 is 9.73 Å². The number of anilines is 1. The van der Waals surface area contributed by atoms with Crippen LogP contribution in [0.4, 0.5) is 5.69 Å². The summed E-state index contributed by atoms with van der Waals surface area (Å²) < 4.78 is 32.2. The summed E-state index contributed by atoms with van der Waals surface area (Å²) in [5.74, 6) is -0.176. The van der Waals surface area contributed by atoms with E-state index in [0.717, 1.165) is 5.52 Å². The first-order valence-corrected chi connectivity index (χ1v) is 11.2. The minimum atomic E-state index is -3.58. The molecule has 0 spiro atoms. The monoisotopic (exact) mass is 419 g/mol. The molecule has 3 aromatic rings. The van der Waals surface area contributed by atoms with Crippen LogP contribution in [0.2, 0.25) is 0 Å². The molecule has 1 aromatic heterocycles. The van der Waals surface area contributed by atoms with Crippen molar-refractivity contribution in [1.29, 1.82) is 0 Å². The molecular formula is C19H21N3O4S2. The molecule has 0 atom stereocenters. The van der Waals surface area contributed by atoms with Crippen LogP contribution in [0.1, 0.15) is 13.8 Å². The smallest absolute Gasteiger partial charge is 0.257 e. The van der Waals surface area contributed by atoms with Crippen LogP contribution >= 0.6 is 11.8 Å². The third kappa shape index (κ3) is 4.54. The second-order valence-corrected chi connectivity index (χ2v) is 8.77. The maximum absolute atomic E-state index is 12.6. The number of oxazole rings is 1. The predicted octanol–water partition coefficient (Wildman–Crippen LogP) is 3.59. The van der Waals surface area contributed by atoms with E-state index < -0.39 is 10.0 Å². The molecule has 148 valence electrons. The van der Waals surface area contributed by atoms with Crippen LogP contribution in [-0.2, 0) is 14.8 Å². The molecule has 9 heteroatoms. The molecule has 0 unspecified atom stereocenters. The lowest BCUT2D eigenvalue weighted by Gasteiger charge is -2.18. The Hall–Kier alpha value is -2.36. The van der Waals surface area contributed by atoms with E-state index in [1.165, 1.54) is 28.2 Å². The summed E-state index contributed by atoms with van der Waals surface area (Å²) in [7, 11) is -3.58. The van der Waals surface area contributed by atoms with Crippen molar-refractivity contribution >= 4 is 44.5 Å². The van der Waals surface area contributed by atoms with Crippen LogP contribution in [0.5, 0.6) is 0 Å². The van der Waals surface area contributed by atoms with Crippen molar-refractivity contribution in [3.8, 4) is 0 Å². The van der Waals surface area contributed by atoms with E-state index in [2.05, 4.69) is 10.3 Å². The first-order valence-electron chi connectivity index (χ1n) is 8.82. The molecule has 2 aromatic carbocycles. The number of carbonyl (C=O) groups excluding carboxylic acids is 1. The summed E-state index contributed by atoms with van der Waals surface area (Å²) in [5, 5.41) is 3.13. The Morgan fingerprint density at radius 1 is 1.14 bits per heavy atom. The Morgan fingerprint density at radius 3 is 2.61 bits per heavy atom. The lowest BCUT2D eigenvalue weighted by molar-refractivity contribution is -0.113. The number of amides is 1. The minimum Gasteiger partial charge on any atom is -0.431 e. The van der Waals surface area contributed by atoms with Crippen molar-refractivity contribution in [2.75, 3.05) is 24.2 Å². The SMILES string of the molecule is CCN(CC)S(=O)(=O)c1cccc(NC(=O)CSc2nc3ccccc3o2)c1. The minimum absolute atomic E-state index is 0.0971. The van der Waals surface area contributed by atoms with Crippen molar-refractivity contribution in [1.82, 2.24) is 9.29 Å². The number of nitrogens with one attached hydrogen (secondary N) is 1. The lowest BCUT2D eigenvalue weighted by Crippen LogP contribution is -2.30. The summed E-state index contributed by atoms with van der Waals surface area (Å²) >= 11 is 1.18. The summed E-state index contributed by atoms with van der Waals surface area (Å²) in [4.78, 5) is 16.7. The van der Waals surface area contributed by atoms with Crippen LogP contribution in [-0.4, -0.2) is 42.5 Å². The van der Waals surface area contributed by atoms with Gasteiger partial charge in [0.15, 0.2) is 5.58 Å². The molecule has 0 fully saturated rings. The fourth-order valence-electron chi connectivity index (χ4n) is 2.68. The van der Waals surface area contributed by atoms with Crippen LogP contribution < -0.4 is 5.32 Å². The van der Waals surface area contributed by atoms with Crippen molar-refractivity contribution in [3.05, 3.63) is 48.5 Å². The average Bonchev–Trinajstić information content (AvgIpc) is 3.10. The highest BCUT2D eigenvalue weighted by Gasteiger charge is 2.21. The average molecular weight is 420 g/mol. The van der Waals surface area contributed by atoms with Gasteiger partial charge in [0.25, 0.3) is 5.22 Å². The van der Waals surface area contributed by atoms with Gasteiger partial charge in [-0.1, -0.05) is 43.8 Å². The number of para-hydroxylation sites is 2. The highest BCUT2D eigenvalue weighted by molar-refractivity contribution is 7.99. The molecular weight excluding hydrogens is 398 g/mol. The van der Waals surface area contributed by atoms with E-state index >= 15 is 0 Å². The van der Waals surface area contributed by atoms with Gasteiger partial charge in [0.1, 0.15) is 5.52 Å². The molecule has 0 bridgehead atoms. The van der Waals surface area contributed by atoms with E-state index in [4.69, 9.17) is 4.42 Å². The van der Waals surface area contributed by atoms with Gasteiger partial charge in [-0.15, -0.1) is 0 Å². The normalized spacial score (nSPS) is 11.8. The van der Waals surface area contributed by atoms with Crippen molar-refractivity contribution in [2.24, 2.45) is 0 Å². The van der Waals surface area contributed by atoms with Crippen LogP contribution in [0.15, 0.2) is 63.1 Å². The standard InChI is InChI=1S/C19H21N3O4S2/c1-3-22(4-2)28(24,25)15-9-7-8-14(12-15)20-18(23)13-27-19-21-16-10-5-6-11-17(16)26-19/h5-12H,3-4,13H2,1-2H3,(H,20,23). The van der Waals surface area contributed by atoms with Crippen molar-refractivity contribution in [3.63, 3.8) is 0 Å². The third-order valence-corrected chi connectivity index (χ3v) is 6.94. The quantitative estimate of drug-likeness (QED) is 0.561. The molecule has 0 aliphatic heterocycles. The van der Waals surface area contributed by atoms with Gasteiger partial charge in [0, 0.05) is 18.8 Å². The molecule has 3 rings (SSSR count). The van der Waals surface area contributed by atoms with Crippen molar-refractivity contribution in [2.45, 2.75) is 24.0 Å². The maximum Gasteiger partial charge on any atom is 0.257 e. The first-order chi connectivity index (χ1) is 13.4. The molecule has 0 saturated carbocycles. The lowest BCUT2D eigenvalue weighted by atomic mass is 10.3. The fourth-order valence-corrected chi connectivity index (χ4v) is 4.83. The number of rotatable bonds is 8. The number of fused-ring (bicyclic) bond motifs is 1. The second kappa shape index (κ2) is 8.76. The molecule has 0 aliphatic rings. The first kappa shape index (κ1) is 20.4. The maximum atomic E-state index is 12.6. The summed E-state index contributed by atoms with van der Waals surface area (Å²) in [6.45, 7) is 4.35. The van der Waals surface area contributed by atoms with E-state index in [1.54, 1.807) is 26.0 Å². The Labute approximate surface area is 168 Å². The highest BCUT2D eigenvalue weighted by atomic mass is 32.2. The molecule has 0 saturated heterocycles. The summed E-state index contributed by atoms with van der Waals surface area (Å²) in [6, 6.07) is 13.6. The summed E-state index contributed by atoms with van der Waals surface area (Å²) in [6.07, 6.45) is 0. The van der Waals surface area contributed by atoms with E-state index in [0.29, 0.717) is 29.6 Å². The molecule has 0 aliphatic carbocycles. The largest absolute Gasteiger partial charge is 0.431 e. The number of hydrogen-bond acceptors (Lipinski definition) is 6. The third-order valence-electron chi connectivity index (χ3n) is 4.06. The fraction of sp³-hybridized carbons (Fsp3) is 0.263. The summed E-state index contributed by atoms with van der Waals surface area (Å²) in [5.41, 5.74) is 1.83. The van der Waals surface area contributed by atoms with E-state index in [-0.39, 0.29) is 16.6 Å². The van der Waals surface area contributed by atoms with Gasteiger partial charge in [-0.25, -0.2) is 13.4 Å².